The number of halogens is 4. The highest BCUT2D eigenvalue weighted by Crippen LogP contribution is 2.35. The number of hydrazone groups is 1. The topological polar surface area (TPSA) is 83.8 Å². The molecule has 0 aliphatic carbocycles. The normalized spacial score (nSPS) is 12.1. The Bertz CT molecular complexity index is 1700. The van der Waals surface area contributed by atoms with Gasteiger partial charge in [0.05, 0.1) is 36.0 Å². The van der Waals surface area contributed by atoms with Crippen LogP contribution in [0.4, 0.5) is 18.9 Å². The van der Waals surface area contributed by atoms with Gasteiger partial charge in [0.1, 0.15) is 0 Å². The smallest absolute Gasteiger partial charge is 0.317 e. The molecular formula is C29H26ClF3N4O3S. The second-order valence-corrected chi connectivity index (χ2v) is 11.7. The van der Waals surface area contributed by atoms with Crippen molar-refractivity contribution in [2.24, 2.45) is 5.10 Å². The van der Waals surface area contributed by atoms with Crippen LogP contribution in [0.2, 0.25) is 5.02 Å². The van der Waals surface area contributed by atoms with Gasteiger partial charge in [0, 0.05) is 27.5 Å². The predicted molar refractivity (Wildman–Crippen MR) is 154 cm³/mol. The molecule has 0 aliphatic rings. The molecule has 1 N–H and O–H groups in total. The van der Waals surface area contributed by atoms with Crippen molar-refractivity contribution in [3.8, 4) is 5.69 Å². The fraction of sp³-hybridized carbons (Fsp3) is 0.172. The van der Waals surface area contributed by atoms with E-state index in [2.05, 4.69) is 10.5 Å². The Morgan fingerprint density at radius 3 is 2.27 bits per heavy atom. The standard InChI is InChI=1S/C29H26ClF3N4O3S/c1-19-16-23(20(2)37(19)27-7-5-4-6-26(27)29(31,32)33)17-34-35-28(38)22-10-14-25(15-11-22)36(41(3,39)40)18-21-8-12-24(30)13-9-21/h4-17H,18H2,1-3H3,(H,35,38)/b34-17-. The minimum Gasteiger partial charge on any atom is -0.317 e. The number of alkyl halides is 3. The number of para-hydroxylation sites is 1. The van der Waals surface area contributed by atoms with E-state index in [1.165, 1.54) is 57.6 Å². The summed E-state index contributed by atoms with van der Waals surface area (Å²) in [5.41, 5.74) is 4.59. The van der Waals surface area contributed by atoms with Crippen molar-refractivity contribution in [3.63, 3.8) is 0 Å². The summed E-state index contributed by atoms with van der Waals surface area (Å²) in [5, 5.41) is 4.52. The first-order valence-electron chi connectivity index (χ1n) is 12.3. The van der Waals surface area contributed by atoms with E-state index in [1.54, 1.807) is 44.2 Å². The van der Waals surface area contributed by atoms with Crippen LogP contribution >= 0.6 is 11.6 Å². The van der Waals surface area contributed by atoms with E-state index >= 15 is 0 Å². The van der Waals surface area contributed by atoms with Crippen molar-refractivity contribution in [2.75, 3.05) is 10.6 Å². The summed E-state index contributed by atoms with van der Waals surface area (Å²) in [6.45, 7) is 3.43. The number of rotatable bonds is 8. The van der Waals surface area contributed by atoms with Crippen molar-refractivity contribution in [1.82, 2.24) is 9.99 Å². The number of sulfonamides is 1. The molecule has 7 nitrogen and oxygen atoms in total. The highest BCUT2D eigenvalue weighted by Gasteiger charge is 2.34. The van der Waals surface area contributed by atoms with Gasteiger partial charge in [-0.3, -0.25) is 9.10 Å². The lowest BCUT2D eigenvalue weighted by molar-refractivity contribution is -0.137. The van der Waals surface area contributed by atoms with Crippen LogP contribution in [-0.4, -0.2) is 31.4 Å². The third-order valence-electron chi connectivity index (χ3n) is 6.35. The van der Waals surface area contributed by atoms with Gasteiger partial charge in [-0.2, -0.15) is 18.3 Å². The second-order valence-electron chi connectivity index (χ2n) is 9.32. The number of amides is 1. The molecule has 41 heavy (non-hydrogen) atoms. The van der Waals surface area contributed by atoms with E-state index in [-0.39, 0.29) is 17.8 Å². The molecule has 214 valence electrons. The maximum absolute atomic E-state index is 13.6. The Labute approximate surface area is 240 Å². The summed E-state index contributed by atoms with van der Waals surface area (Å²) in [6, 6.07) is 19.7. The van der Waals surface area contributed by atoms with Gasteiger partial charge in [-0.1, -0.05) is 35.9 Å². The van der Waals surface area contributed by atoms with Crippen molar-refractivity contribution in [1.29, 1.82) is 0 Å². The number of nitrogens with zero attached hydrogens (tertiary/aromatic N) is 3. The van der Waals surface area contributed by atoms with Crippen molar-refractivity contribution in [3.05, 3.63) is 118 Å². The highest BCUT2D eigenvalue weighted by molar-refractivity contribution is 7.92. The fourth-order valence-electron chi connectivity index (χ4n) is 4.36. The first-order chi connectivity index (χ1) is 19.3. The van der Waals surface area contributed by atoms with E-state index in [4.69, 9.17) is 11.6 Å². The molecule has 0 radical (unpaired) electrons. The van der Waals surface area contributed by atoms with E-state index in [1.807, 2.05) is 0 Å². The van der Waals surface area contributed by atoms with Gasteiger partial charge < -0.3 is 4.57 Å². The molecule has 4 aromatic rings. The summed E-state index contributed by atoms with van der Waals surface area (Å²) < 4.78 is 68.3. The fourth-order valence-corrected chi connectivity index (χ4v) is 5.37. The van der Waals surface area contributed by atoms with E-state index in [0.29, 0.717) is 27.7 Å². The largest absolute Gasteiger partial charge is 0.418 e. The molecule has 4 rings (SSSR count). The first-order valence-corrected chi connectivity index (χ1v) is 14.5. The molecule has 0 bridgehead atoms. The van der Waals surface area contributed by atoms with Crippen molar-refractivity contribution in [2.45, 2.75) is 26.6 Å². The van der Waals surface area contributed by atoms with Crippen LogP contribution in [0.25, 0.3) is 5.69 Å². The molecule has 1 amide bonds. The number of hydrogen-bond acceptors (Lipinski definition) is 4. The van der Waals surface area contributed by atoms with Crippen LogP contribution in [0, 0.1) is 13.8 Å². The molecule has 0 spiro atoms. The Balaban J connectivity index is 1.49. The lowest BCUT2D eigenvalue weighted by atomic mass is 10.1. The summed E-state index contributed by atoms with van der Waals surface area (Å²) in [7, 11) is -3.63. The Hall–Kier alpha value is -4.09. The quantitative estimate of drug-likeness (QED) is 0.185. The Kier molecular flexibility index (Phi) is 8.60. The zero-order valence-electron chi connectivity index (χ0n) is 22.3. The molecule has 0 aliphatic heterocycles. The molecule has 1 heterocycles. The Morgan fingerprint density at radius 2 is 1.66 bits per heavy atom. The van der Waals surface area contributed by atoms with Gasteiger partial charge >= 0.3 is 6.18 Å². The van der Waals surface area contributed by atoms with Gasteiger partial charge in [0.15, 0.2) is 0 Å². The molecule has 0 atom stereocenters. The third kappa shape index (κ3) is 6.98. The van der Waals surface area contributed by atoms with Gasteiger partial charge in [0.25, 0.3) is 5.91 Å². The first kappa shape index (κ1) is 29.9. The molecule has 3 aromatic carbocycles. The molecule has 0 saturated carbocycles. The molecule has 1 aromatic heterocycles. The number of hydrogen-bond donors (Lipinski definition) is 1. The number of aromatic nitrogens is 1. The van der Waals surface area contributed by atoms with E-state index < -0.39 is 27.7 Å². The highest BCUT2D eigenvalue weighted by atomic mass is 35.5. The van der Waals surface area contributed by atoms with Gasteiger partial charge in [-0.25, -0.2) is 13.8 Å². The van der Waals surface area contributed by atoms with E-state index in [9.17, 15) is 26.4 Å². The van der Waals surface area contributed by atoms with Crippen LogP contribution in [0.5, 0.6) is 0 Å². The monoisotopic (exact) mass is 602 g/mol. The minimum absolute atomic E-state index is 0.00187. The molecule has 0 unspecified atom stereocenters. The number of anilines is 1. The summed E-state index contributed by atoms with van der Waals surface area (Å²) in [6.07, 6.45) is -2.07. The molecule has 0 saturated heterocycles. The molecule has 0 fully saturated rings. The van der Waals surface area contributed by atoms with Crippen molar-refractivity contribution >= 4 is 39.4 Å². The van der Waals surface area contributed by atoms with Crippen LogP contribution in [0.15, 0.2) is 84.0 Å². The zero-order valence-corrected chi connectivity index (χ0v) is 23.8. The predicted octanol–water partition coefficient (Wildman–Crippen LogP) is 6.50. The van der Waals surface area contributed by atoms with Gasteiger partial charge in [0.2, 0.25) is 10.0 Å². The van der Waals surface area contributed by atoms with Crippen LogP contribution in [0.1, 0.15) is 38.4 Å². The minimum atomic E-state index is -4.52. The molecule has 12 heteroatoms. The van der Waals surface area contributed by atoms with Crippen LogP contribution in [-0.2, 0) is 22.7 Å². The maximum Gasteiger partial charge on any atom is 0.418 e. The average Bonchev–Trinajstić information content (AvgIpc) is 3.19. The maximum atomic E-state index is 13.6. The summed E-state index contributed by atoms with van der Waals surface area (Å²) in [5.74, 6) is -0.548. The number of benzene rings is 3. The number of aryl methyl sites for hydroxylation is 1. The Morgan fingerprint density at radius 1 is 1.02 bits per heavy atom. The average molecular weight is 603 g/mol. The second kappa shape index (κ2) is 11.8. The van der Waals surface area contributed by atoms with E-state index in [0.717, 1.165) is 17.9 Å². The number of nitrogens with one attached hydrogen (secondary N) is 1. The lowest BCUT2D eigenvalue weighted by Crippen LogP contribution is -2.29. The lowest BCUT2D eigenvalue weighted by Gasteiger charge is -2.22. The SMILES string of the molecule is Cc1cc(/C=N\NC(=O)c2ccc(N(Cc3ccc(Cl)cc3)S(C)(=O)=O)cc2)c(C)n1-c1ccccc1C(F)(F)F. The van der Waals surface area contributed by atoms with Gasteiger partial charge in [-0.05, 0) is 74.0 Å². The number of carbonyl (C=O) groups excluding carboxylic acids is 1. The summed E-state index contributed by atoms with van der Waals surface area (Å²) in [4.78, 5) is 12.7. The molecular weight excluding hydrogens is 577 g/mol. The van der Waals surface area contributed by atoms with Crippen molar-refractivity contribution < 1.29 is 26.4 Å². The number of carbonyl (C=O) groups is 1. The van der Waals surface area contributed by atoms with Gasteiger partial charge in [-0.15, -0.1) is 0 Å². The third-order valence-corrected chi connectivity index (χ3v) is 7.74. The summed E-state index contributed by atoms with van der Waals surface area (Å²) >= 11 is 5.92. The zero-order chi connectivity index (χ0) is 29.9. The van der Waals surface area contributed by atoms with Crippen LogP contribution in [0.3, 0.4) is 0 Å². The van der Waals surface area contributed by atoms with Crippen LogP contribution < -0.4 is 9.73 Å².